The molecule has 0 bridgehead atoms. The average molecular weight is 243 g/mol. The van der Waals surface area contributed by atoms with Crippen LogP contribution in [0.1, 0.15) is 6.42 Å². The maximum atomic E-state index is 11.9. The number of hydrogen-bond donors (Lipinski definition) is 3. The third-order valence-corrected chi connectivity index (χ3v) is 3.35. The Kier molecular flexibility index (Phi) is 2.78. The van der Waals surface area contributed by atoms with Gasteiger partial charge in [0.25, 0.3) is 0 Å². The van der Waals surface area contributed by atoms with Crippen LogP contribution in [0.25, 0.3) is 0 Å². The summed E-state index contributed by atoms with van der Waals surface area (Å²) in [6, 6.07) is 0. The molecule has 0 aromatic carbocycles. The topological polar surface area (TPSA) is 115 Å². The van der Waals surface area contributed by atoms with Crippen LogP contribution in [0.2, 0.25) is 0 Å². The summed E-state index contributed by atoms with van der Waals surface area (Å²) in [5, 5.41) is 26.9. The van der Waals surface area contributed by atoms with Crippen molar-refractivity contribution in [2.45, 2.75) is 12.5 Å². The first-order chi connectivity index (χ1) is 7.93. The van der Waals surface area contributed by atoms with E-state index in [4.69, 9.17) is 10.2 Å². The molecule has 1 amide bonds. The van der Waals surface area contributed by atoms with Crippen LogP contribution in [0.15, 0.2) is 0 Å². The smallest absolute Gasteiger partial charge is 0.308 e. The molecule has 2 rings (SSSR count). The molecule has 2 fully saturated rings. The van der Waals surface area contributed by atoms with Crippen LogP contribution in [0.3, 0.4) is 0 Å². The molecule has 7 heteroatoms. The molecule has 1 saturated heterocycles. The first kappa shape index (κ1) is 11.8. The van der Waals surface area contributed by atoms with E-state index in [0.717, 1.165) is 0 Å². The summed E-state index contributed by atoms with van der Waals surface area (Å²) in [6.07, 6.45) is -0.141. The van der Waals surface area contributed by atoms with Crippen LogP contribution in [-0.4, -0.2) is 57.3 Å². The lowest BCUT2D eigenvalue weighted by Crippen LogP contribution is -2.32. The van der Waals surface area contributed by atoms with E-state index in [1.807, 2.05) is 0 Å². The number of rotatable bonds is 3. The highest BCUT2D eigenvalue weighted by Gasteiger charge is 2.64. The number of aliphatic hydroxyl groups is 1. The number of hydrogen-bond acceptors (Lipinski definition) is 4. The minimum Gasteiger partial charge on any atom is -0.481 e. The fourth-order valence-electron chi connectivity index (χ4n) is 2.39. The fraction of sp³-hybridized carbons (Fsp3) is 0.700. The molecule has 0 aromatic heterocycles. The zero-order valence-electron chi connectivity index (χ0n) is 8.94. The zero-order valence-corrected chi connectivity index (χ0v) is 8.94. The normalized spacial score (nSPS) is 35.7. The Balaban J connectivity index is 2.05. The number of nitrogens with zero attached hydrogens (tertiary/aromatic N) is 1. The second-order valence-electron chi connectivity index (χ2n) is 4.48. The Morgan fingerprint density at radius 3 is 1.88 bits per heavy atom. The van der Waals surface area contributed by atoms with Crippen molar-refractivity contribution in [1.82, 2.24) is 4.90 Å². The third kappa shape index (κ3) is 1.97. The van der Waals surface area contributed by atoms with Gasteiger partial charge in [0.05, 0.1) is 23.9 Å². The number of carbonyl (C=O) groups is 3. The Labute approximate surface area is 96.6 Å². The molecular weight excluding hydrogens is 230 g/mol. The summed E-state index contributed by atoms with van der Waals surface area (Å²) < 4.78 is 0. The van der Waals surface area contributed by atoms with Gasteiger partial charge in [-0.3, -0.25) is 14.4 Å². The van der Waals surface area contributed by atoms with Crippen LogP contribution in [0, 0.1) is 17.8 Å². The molecule has 1 unspecified atom stereocenters. The third-order valence-electron chi connectivity index (χ3n) is 3.35. The van der Waals surface area contributed by atoms with Crippen molar-refractivity contribution in [3.05, 3.63) is 0 Å². The van der Waals surface area contributed by atoms with Gasteiger partial charge in [-0.2, -0.15) is 0 Å². The first-order valence-electron chi connectivity index (χ1n) is 5.36. The summed E-state index contributed by atoms with van der Waals surface area (Å²) in [5.41, 5.74) is 0. The predicted octanol–water partition coefficient (Wildman–Crippen LogP) is -1.39. The molecule has 1 aliphatic heterocycles. The molecule has 4 atom stereocenters. The highest BCUT2D eigenvalue weighted by molar-refractivity contribution is 5.98. The van der Waals surface area contributed by atoms with E-state index < -0.39 is 41.7 Å². The Morgan fingerprint density at radius 1 is 1.00 bits per heavy atom. The molecule has 0 aromatic rings. The Bertz CT molecular complexity index is 361. The lowest BCUT2D eigenvalue weighted by molar-refractivity contribution is -0.144. The largest absolute Gasteiger partial charge is 0.481 e. The van der Waals surface area contributed by atoms with E-state index in [1.165, 1.54) is 4.90 Å². The molecule has 1 saturated carbocycles. The van der Waals surface area contributed by atoms with E-state index >= 15 is 0 Å². The number of aliphatic hydroxyl groups excluding tert-OH is 1. The van der Waals surface area contributed by atoms with Crippen LogP contribution in [0.4, 0.5) is 0 Å². The highest BCUT2D eigenvalue weighted by atomic mass is 16.4. The number of carboxylic acid groups (broad SMARTS) is 2. The van der Waals surface area contributed by atoms with Crippen LogP contribution < -0.4 is 0 Å². The van der Waals surface area contributed by atoms with Crippen molar-refractivity contribution in [2.24, 2.45) is 17.8 Å². The fourth-order valence-corrected chi connectivity index (χ4v) is 2.39. The van der Waals surface area contributed by atoms with E-state index in [-0.39, 0.29) is 6.54 Å². The van der Waals surface area contributed by atoms with Gasteiger partial charge in [-0.15, -0.1) is 0 Å². The van der Waals surface area contributed by atoms with E-state index in [0.29, 0.717) is 13.0 Å². The lowest BCUT2D eigenvalue weighted by atomic mass is 10.3. The number of carboxylic acids is 2. The number of aliphatic carboxylic acids is 2. The van der Waals surface area contributed by atoms with Crippen LogP contribution >= 0.6 is 0 Å². The van der Waals surface area contributed by atoms with Crippen molar-refractivity contribution < 1.29 is 29.7 Å². The molecule has 2 aliphatic rings. The Morgan fingerprint density at radius 2 is 1.53 bits per heavy atom. The maximum Gasteiger partial charge on any atom is 0.308 e. The summed E-state index contributed by atoms with van der Waals surface area (Å²) in [6.45, 7) is 0.517. The minimum absolute atomic E-state index is 0.161. The first-order valence-corrected chi connectivity index (χ1v) is 5.36. The van der Waals surface area contributed by atoms with Crippen molar-refractivity contribution >= 4 is 17.8 Å². The molecule has 0 radical (unpaired) electrons. The van der Waals surface area contributed by atoms with Gasteiger partial charge < -0.3 is 20.2 Å². The van der Waals surface area contributed by atoms with Gasteiger partial charge >= 0.3 is 11.9 Å². The van der Waals surface area contributed by atoms with Crippen molar-refractivity contribution in [3.8, 4) is 0 Å². The summed E-state index contributed by atoms with van der Waals surface area (Å²) in [4.78, 5) is 34.8. The van der Waals surface area contributed by atoms with Crippen molar-refractivity contribution in [2.75, 3.05) is 13.1 Å². The SMILES string of the molecule is O=C(O)[C@@H]1C(C(=O)N2CC[C@@H](O)C2)[C@@H]1C(=O)O. The lowest BCUT2D eigenvalue weighted by Gasteiger charge is -2.14. The monoisotopic (exact) mass is 243 g/mol. The van der Waals surface area contributed by atoms with E-state index in [2.05, 4.69) is 0 Å². The van der Waals surface area contributed by atoms with E-state index in [9.17, 15) is 19.5 Å². The Hall–Kier alpha value is -1.63. The average Bonchev–Trinajstić information content (AvgIpc) is 2.86. The van der Waals surface area contributed by atoms with E-state index in [1.54, 1.807) is 0 Å². The number of carbonyl (C=O) groups excluding carboxylic acids is 1. The van der Waals surface area contributed by atoms with Gasteiger partial charge in [0.1, 0.15) is 0 Å². The zero-order chi connectivity index (χ0) is 12.7. The second kappa shape index (κ2) is 3.99. The maximum absolute atomic E-state index is 11.9. The quantitative estimate of drug-likeness (QED) is 0.562. The molecule has 94 valence electrons. The molecular formula is C10H13NO6. The molecule has 1 aliphatic carbocycles. The molecule has 7 nitrogen and oxygen atoms in total. The van der Waals surface area contributed by atoms with Crippen molar-refractivity contribution in [1.29, 1.82) is 0 Å². The van der Waals surface area contributed by atoms with Gasteiger partial charge in [-0.25, -0.2) is 0 Å². The van der Waals surface area contributed by atoms with Gasteiger partial charge in [0.15, 0.2) is 0 Å². The van der Waals surface area contributed by atoms with Gasteiger partial charge in [0, 0.05) is 13.1 Å². The predicted molar refractivity (Wildman–Crippen MR) is 52.9 cm³/mol. The molecule has 3 N–H and O–H groups in total. The standard InChI is InChI=1S/C10H13NO6/c12-4-1-2-11(3-4)8(13)5-6(9(14)15)7(5)10(16)17/h4-7,12H,1-3H2,(H,14,15)(H,16,17)/t4-,5?,6-,7+/m1/s1. The van der Waals surface area contributed by atoms with Gasteiger partial charge in [-0.05, 0) is 6.42 Å². The molecule has 1 heterocycles. The summed E-state index contributed by atoms with van der Waals surface area (Å²) in [7, 11) is 0. The summed E-state index contributed by atoms with van der Waals surface area (Å²) >= 11 is 0. The van der Waals surface area contributed by atoms with Crippen LogP contribution in [0.5, 0.6) is 0 Å². The van der Waals surface area contributed by atoms with Gasteiger partial charge in [-0.1, -0.05) is 0 Å². The molecule has 17 heavy (non-hydrogen) atoms. The number of amides is 1. The number of β-amino-alcohol motifs (C(OH)–C–C–N with tert-alkyl or cyclic N) is 1. The number of likely N-dealkylation sites (tertiary alicyclic amines) is 1. The highest BCUT2D eigenvalue weighted by Crippen LogP contribution is 2.48. The van der Waals surface area contributed by atoms with Crippen molar-refractivity contribution in [3.63, 3.8) is 0 Å². The summed E-state index contributed by atoms with van der Waals surface area (Å²) in [5.74, 6) is -6.21. The minimum atomic E-state index is -1.25. The molecule has 0 spiro atoms. The van der Waals surface area contributed by atoms with Crippen LogP contribution in [-0.2, 0) is 14.4 Å². The second-order valence-corrected chi connectivity index (χ2v) is 4.48. The van der Waals surface area contributed by atoms with Gasteiger partial charge in [0.2, 0.25) is 5.91 Å².